The first-order valence-corrected chi connectivity index (χ1v) is 10.3. The van der Waals surface area contributed by atoms with Crippen LogP contribution < -0.4 is 5.32 Å². The van der Waals surface area contributed by atoms with E-state index in [1.165, 1.54) is 0 Å². The first kappa shape index (κ1) is 19.0. The average Bonchev–Trinajstić information content (AvgIpc) is 3.01. The van der Waals surface area contributed by atoms with Gasteiger partial charge in [-0.25, -0.2) is 0 Å². The fourth-order valence-electron chi connectivity index (χ4n) is 4.22. The minimum atomic E-state index is -0.330. The van der Waals surface area contributed by atoms with Crippen molar-refractivity contribution >= 4 is 23.6 Å². The topological polar surface area (TPSA) is 61.9 Å². The van der Waals surface area contributed by atoms with E-state index in [4.69, 9.17) is 4.74 Å². The molecule has 0 aliphatic carbocycles. The number of nitrogens with one attached hydrogen (secondary N) is 1. The van der Waals surface area contributed by atoms with Crippen LogP contribution in [0.25, 0.3) is 0 Å². The van der Waals surface area contributed by atoms with E-state index < -0.39 is 0 Å². The second kappa shape index (κ2) is 6.74. The van der Waals surface area contributed by atoms with E-state index in [9.17, 15) is 9.59 Å². The van der Waals surface area contributed by atoms with E-state index in [1.54, 1.807) is 11.8 Å². The molecule has 25 heavy (non-hydrogen) atoms. The molecule has 142 valence electrons. The number of amides is 2. The minimum Gasteiger partial charge on any atom is -0.373 e. The number of hydrogen-bond acceptors (Lipinski definition) is 5. The first-order valence-electron chi connectivity index (χ1n) is 9.27. The Morgan fingerprint density at radius 3 is 2.64 bits per heavy atom. The Morgan fingerprint density at radius 1 is 1.36 bits per heavy atom. The van der Waals surface area contributed by atoms with Gasteiger partial charge in [0, 0.05) is 37.3 Å². The van der Waals surface area contributed by atoms with Gasteiger partial charge in [-0.05, 0) is 41.0 Å². The molecule has 3 aliphatic heterocycles. The van der Waals surface area contributed by atoms with Crippen molar-refractivity contribution in [3.63, 3.8) is 0 Å². The Balaban J connectivity index is 1.59. The van der Waals surface area contributed by atoms with Gasteiger partial charge in [-0.2, -0.15) is 0 Å². The van der Waals surface area contributed by atoms with Crippen molar-refractivity contribution in [2.24, 2.45) is 0 Å². The van der Waals surface area contributed by atoms with Crippen LogP contribution in [0, 0.1) is 0 Å². The lowest BCUT2D eigenvalue weighted by atomic mass is 10.00. The van der Waals surface area contributed by atoms with Gasteiger partial charge in [0.15, 0.2) is 0 Å². The number of carbonyl (C=O) groups is 2. The summed E-state index contributed by atoms with van der Waals surface area (Å²) in [5, 5.41) is 3.11. The van der Waals surface area contributed by atoms with Crippen molar-refractivity contribution in [2.45, 2.75) is 76.1 Å². The van der Waals surface area contributed by atoms with Crippen molar-refractivity contribution in [3.8, 4) is 0 Å². The SMILES string of the molecule is C[C@@H]1CN(C(C)(C)CNC(=O)[C@@H]2CS[C@]3(C)CCC(=O)N23)C[C@@H](C)O1. The van der Waals surface area contributed by atoms with Gasteiger partial charge in [0.1, 0.15) is 6.04 Å². The largest absolute Gasteiger partial charge is 0.373 e. The summed E-state index contributed by atoms with van der Waals surface area (Å²) in [6, 6.07) is -0.330. The Hall–Kier alpha value is -0.790. The van der Waals surface area contributed by atoms with Gasteiger partial charge in [-0.1, -0.05) is 0 Å². The Kier molecular flexibility index (Phi) is 5.12. The molecule has 0 unspecified atom stereocenters. The molecule has 3 heterocycles. The number of rotatable bonds is 4. The second-order valence-corrected chi connectivity index (χ2v) is 9.96. The van der Waals surface area contributed by atoms with Gasteiger partial charge < -0.3 is 15.0 Å². The van der Waals surface area contributed by atoms with Crippen LogP contribution in [0.15, 0.2) is 0 Å². The summed E-state index contributed by atoms with van der Waals surface area (Å²) in [6.45, 7) is 12.9. The standard InChI is InChI=1S/C18H31N3O3S/c1-12-8-20(9-13(2)24-12)17(3,4)11-19-16(23)14-10-25-18(5)7-6-15(22)21(14)18/h12-14H,6-11H2,1-5H3,(H,19,23)/t12-,13-,14+,18-/m1/s1. The van der Waals surface area contributed by atoms with Gasteiger partial charge in [0.05, 0.1) is 17.1 Å². The van der Waals surface area contributed by atoms with Gasteiger partial charge in [0.25, 0.3) is 0 Å². The van der Waals surface area contributed by atoms with Gasteiger partial charge in [0.2, 0.25) is 11.8 Å². The smallest absolute Gasteiger partial charge is 0.243 e. The Morgan fingerprint density at radius 2 is 2.00 bits per heavy atom. The van der Waals surface area contributed by atoms with Crippen LogP contribution in [0.3, 0.4) is 0 Å². The van der Waals surface area contributed by atoms with Gasteiger partial charge in [-0.15, -0.1) is 11.8 Å². The number of hydrogen-bond donors (Lipinski definition) is 1. The number of nitrogens with zero attached hydrogens (tertiary/aromatic N) is 2. The van der Waals surface area contributed by atoms with E-state index in [0.29, 0.717) is 18.7 Å². The average molecular weight is 370 g/mol. The van der Waals surface area contributed by atoms with Crippen LogP contribution in [-0.4, -0.2) is 75.7 Å². The fourth-order valence-corrected chi connectivity index (χ4v) is 5.65. The molecular formula is C18H31N3O3S. The van der Waals surface area contributed by atoms with Crippen LogP contribution in [0.5, 0.6) is 0 Å². The Labute approximate surface area is 155 Å². The van der Waals surface area contributed by atoms with E-state index in [0.717, 1.165) is 19.5 Å². The molecule has 0 saturated carbocycles. The third kappa shape index (κ3) is 3.69. The molecule has 1 N–H and O–H groups in total. The molecule has 2 amide bonds. The highest BCUT2D eigenvalue weighted by Gasteiger charge is 2.53. The molecule has 0 aromatic heterocycles. The lowest BCUT2D eigenvalue weighted by Gasteiger charge is -2.45. The number of ether oxygens (including phenoxy) is 1. The van der Waals surface area contributed by atoms with E-state index in [-0.39, 0.29) is 40.5 Å². The fraction of sp³-hybridized carbons (Fsp3) is 0.889. The monoisotopic (exact) mass is 369 g/mol. The molecule has 0 bridgehead atoms. The zero-order chi connectivity index (χ0) is 18.4. The maximum absolute atomic E-state index is 12.8. The van der Waals surface area contributed by atoms with Crippen molar-refractivity contribution in [1.82, 2.24) is 15.1 Å². The molecule has 0 aromatic rings. The van der Waals surface area contributed by atoms with Crippen molar-refractivity contribution in [2.75, 3.05) is 25.4 Å². The van der Waals surface area contributed by atoms with Crippen molar-refractivity contribution < 1.29 is 14.3 Å². The molecule has 0 aromatic carbocycles. The maximum atomic E-state index is 12.8. The van der Waals surface area contributed by atoms with Crippen molar-refractivity contribution in [1.29, 1.82) is 0 Å². The predicted octanol–water partition coefficient (Wildman–Crippen LogP) is 1.44. The molecule has 3 fully saturated rings. The summed E-state index contributed by atoms with van der Waals surface area (Å²) in [7, 11) is 0. The predicted molar refractivity (Wildman–Crippen MR) is 99.4 cm³/mol. The molecule has 3 aliphatic rings. The van der Waals surface area contributed by atoms with E-state index in [2.05, 4.69) is 44.8 Å². The van der Waals surface area contributed by atoms with E-state index in [1.807, 2.05) is 4.90 Å². The lowest BCUT2D eigenvalue weighted by molar-refractivity contribution is -0.138. The summed E-state index contributed by atoms with van der Waals surface area (Å²) in [5.74, 6) is 0.789. The number of carbonyl (C=O) groups excluding carboxylic acids is 2. The molecule has 7 heteroatoms. The zero-order valence-corrected chi connectivity index (χ0v) is 16.8. The van der Waals surface area contributed by atoms with Crippen LogP contribution in [0.2, 0.25) is 0 Å². The van der Waals surface area contributed by atoms with Crippen molar-refractivity contribution in [3.05, 3.63) is 0 Å². The molecule has 6 nitrogen and oxygen atoms in total. The first-order chi connectivity index (χ1) is 11.6. The molecule has 3 rings (SSSR count). The Bertz CT molecular complexity index is 546. The minimum absolute atomic E-state index is 0.0195. The highest BCUT2D eigenvalue weighted by Crippen LogP contribution is 2.47. The maximum Gasteiger partial charge on any atom is 0.243 e. The lowest BCUT2D eigenvalue weighted by Crippen LogP contribution is -2.60. The van der Waals surface area contributed by atoms with E-state index >= 15 is 0 Å². The number of fused-ring (bicyclic) bond motifs is 1. The summed E-state index contributed by atoms with van der Waals surface area (Å²) in [5.41, 5.74) is -0.147. The quantitative estimate of drug-likeness (QED) is 0.813. The second-order valence-electron chi connectivity index (χ2n) is 8.46. The third-order valence-corrected chi connectivity index (χ3v) is 7.22. The van der Waals surface area contributed by atoms with Crippen LogP contribution >= 0.6 is 11.8 Å². The molecular weight excluding hydrogens is 338 g/mol. The zero-order valence-electron chi connectivity index (χ0n) is 16.0. The normalized spacial score (nSPS) is 36.6. The molecule has 4 atom stereocenters. The molecule has 3 saturated heterocycles. The van der Waals surface area contributed by atoms with Crippen LogP contribution in [0.4, 0.5) is 0 Å². The summed E-state index contributed by atoms with van der Waals surface area (Å²) in [6.07, 6.45) is 1.80. The number of thioether (sulfide) groups is 1. The van der Waals surface area contributed by atoms with Gasteiger partial charge >= 0.3 is 0 Å². The summed E-state index contributed by atoms with van der Waals surface area (Å²) >= 11 is 1.73. The summed E-state index contributed by atoms with van der Waals surface area (Å²) < 4.78 is 5.81. The molecule has 0 radical (unpaired) electrons. The number of morpholine rings is 1. The highest BCUT2D eigenvalue weighted by atomic mass is 32.2. The third-order valence-electron chi connectivity index (χ3n) is 5.72. The van der Waals surface area contributed by atoms with Crippen LogP contribution in [0.1, 0.15) is 47.5 Å². The van der Waals surface area contributed by atoms with Gasteiger partial charge in [-0.3, -0.25) is 14.5 Å². The van der Waals surface area contributed by atoms with Crippen LogP contribution in [-0.2, 0) is 14.3 Å². The molecule has 0 spiro atoms. The highest BCUT2D eigenvalue weighted by molar-refractivity contribution is 8.01. The summed E-state index contributed by atoms with van der Waals surface area (Å²) in [4.78, 5) is 29.0.